The van der Waals surface area contributed by atoms with Gasteiger partial charge in [0, 0.05) is 0 Å². The van der Waals surface area contributed by atoms with Crippen LogP contribution in [-0.4, -0.2) is 19.8 Å². The van der Waals surface area contributed by atoms with Gasteiger partial charge in [-0.2, -0.15) is 9.61 Å². The van der Waals surface area contributed by atoms with Gasteiger partial charge in [-0.15, -0.1) is 10.2 Å². The Morgan fingerprint density at radius 2 is 2.06 bits per heavy atom. The van der Waals surface area contributed by atoms with Crippen LogP contribution >= 0.6 is 11.3 Å². The SMILES string of the molecule is CC(N)(c1ccccc1)c1nn2cnnc2s1. The molecule has 2 heterocycles. The molecule has 3 aromatic rings. The van der Waals surface area contributed by atoms with Gasteiger partial charge in [0.25, 0.3) is 0 Å². The van der Waals surface area contributed by atoms with E-state index in [0.29, 0.717) is 0 Å². The van der Waals surface area contributed by atoms with Gasteiger partial charge in [0.15, 0.2) is 0 Å². The zero-order valence-electron chi connectivity index (χ0n) is 9.24. The van der Waals surface area contributed by atoms with Crippen LogP contribution in [0.3, 0.4) is 0 Å². The molecule has 1 aromatic carbocycles. The van der Waals surface area contributed by atoms with Gasteiger partial charge in [0.05, 0.1) is 5.54 Å². The van der Waals surface area contributed by atoms with Crippen molar-refractivity contribution >= 4 is 16.3 Å². The van der Waals surface area contributed by atoms with Crippen molar-refractivity contribution in [3.63, 3.8) is 0 Å². The third-order valence-electron chi connectivity index (χ3n) is 2.70. The highest BCUT2D eigenvalue weighted by molar-refractivity contribution is 7.16. The Morgan fingerprint density at radius 1 is 1.29 bits per heavy atom. The average molecular weight is 245 g/mol. The molecule has 0 amide bonds. The maximum atomic E-state index is 6.37. The third kappa shape index (κ3) is 1.62. The van der Waals surface area contributed by atoms with E-state index in [2.05, 4.69) is 15.3 Å². The lowest BCUT2D eigenvalue weighted by atomic mass is 9.94. The fraction of sp³-hybridized carbons (Fsp3) is 0.182. The van der Waals surface area contributed by atoms with Crippen molar-refractivity contribution in [3.05, 3.63) is 47.2 Å². The van der Waals surface area contributed by atoms with Crippen LogP contribution < -0.4 is 5.73 Å². The van der Waals surface area contributed by atoms with Crippen molar-refractivity contribution in [1.29, 1.82) is 0 Å². The van der Waals surface area contributed by atoms with Crippen LogP contribution in [0.25, 0.3) is 4.96 Å². The van der Waals surface area contributed by atoms with E-state index in [1.54, 1.807) is 10.8 Å². The van der Waals surface area contributed by atoms with Crippen LogP contribution in [0, 0.1) is 0 Å². The minimum atomic E-state index is -0.605. The molecule has 1 unspecified atom stereocenters. The minimum absolute atomic E-state index is 0.605. The number of benzene rings is 1. The summed E-state index contributed by atoms with van der Waals surface area (Å²) in [4.78, 5) is 0.757. The summed E-state index contributed by atoms with van der Waals surface area (Å²) in [6.45, 7) is 1.95. The Bertz CT molecular complexity index is 611. The number of nitrogens with two attached hydrogens (primary N) is 1. The van der Waals surface area contributed by atoms with E-state index in [1.807, 2.05) is 37.3 Å². The summed E-state index contributed by atoms with van der Waals surface area (Å²) >= 11 is 1.46. The molecule has 0 saturated carbocycles. The molecule has 6 heteroatoms. The Balaban J connectivity index is 2.11. The monoisotopic (exact) mass is 245 g/mol. The number of hydrogen-bond acceptors (Lipinski definition) is 5. The van der Waals surface area contributed by atoms with E-state index in [-0.39, 0.29) is 0 Å². The highest BCUT2D eigenvalue weighted by atomic mass is 32.1. The molecule has 2 N–H and O–H groups in total. The summed E-state index contributed by atoms with van der Waals surface area (Å²) in [6.07, 6.45) is 1.58. The largest absolute Gasteiger partial charge is 0.316 e. The summed E-state index contributed by atoms with van der Waals surface area (Å²) in [5.41, 5.74) is 6.80. The Hall–Kier alpha value is -1.79. The van der Waals surface area contributed by atoms with Gasteiger partial charge in [-0.25, -0.2) is 0 Å². The zero-order valence-corrected chi connectivity index (χ0v) is 10.1. The quantitative estimate of drug-likeness (QED) is 0.741. The number of fused-ring (bicyclic) bond motifs is 1. The van der Waals surface area contributed by atoms with Gasteiger partial charge in [-0.1, -0.05) is 41.7 Å². The van der Waals surface area contributed by atoms with Gasteiger partial charge in [-0.05, 0) is 12.5 Å². The second kappa shape index (κ2) is 3.61. The summed E-state index contributed by atoms with van der Waals surface area (Å²) in [6, 6.07) is 9.92. The molecule has 86 valence electrons. The molecular weight excluding hydrogens is 234 g/mol. The first kappa shape index (κ1) is 10.4. The summed E-state index contributed by atoms with van der Waals surface area (Å²) in [7, 11) is 0. The first-order valence-corrected chi connectivity index (χ1v) is 6.01. The molecule has 17 heavy (non-hydrogen) atoms. The van der Waals surface area contributed by atoms with E-state index >= 15 is 0 Å². The van der Waals surface area contributed by atoms with Crippen LogP contribution in [0.1, 0.15) is 17.5 Å². The van der Waals surface area contributed by atoms with E-state index in [1.165, 1.54) is 11.3 Å². The zero-order chi connectivity index (χ0) is 11.9. The average Bonchev–Trinajstić information content (AvgIpc) is 2.90. The number of aromatic nitrogens is 4. The predicted octanol–water partition coefficient (Wildman–Crippen LogP) is 1.41. The van der Waals surface area contributed by atoms with Crippen LogP contribution in [0.5, 0.6) is 0 Å². The lowest BCUT2D eigenvalue weighted by molar-refractivity contribution is 0.586. The molecule has 0 aliphatic heterocycles. The first-order chi connectivity index (χ1) is 8.18. The lowest BCUT2D eigenvalue weighted by Crippen LogP contribution is -2.34. The van der Waals surface area contributed by atoms with E-state index in [4.69, 9.17) is 5.73 Å². The molecule has 0 radical (unpaired) electrons. The second-order valence-electron chi connectivity index (χ2n) is 4.03. The van der Waals surface area contributed by atoms with Crippen molar-refractivity contribution in [2.75, 3.05) is 0 Å². The maximum absolute atomic E-state index is 6.37. The number of nitrogens with zero attached hydrogens (tertiary/aromatic N) is 4. The van der Waals surface area contributed by atoms with Crippen LogP contribution in [0.2, 0.25) is 0 Å². The molecule has 0 aliphatic carbocycles. The summed E-state index contributed by atoms with van der Waals surface area (Å²) < 4.78 is 1.65. The fourth-order valence-electron chi connectivity index (χ4n) is 1.68. The minimum Gasteiger partial charge on any atom is -0.316 e. The molecule has 2 aromatic heterocycles. The van der Waals surface area contributed by atoms with Crippen LogP contribution in [0.15, 0.2) is 36.7 Å². The van der Waals surface area contributed by atoms with Crippen LogP contribution in [0.4, 0.5) is 0 Å². The van der Waals surface area contributed by atoms with E-state index < -0.39 is 5.54 Å². The predicted molar refractivity (Wildman–Crippen MR) is 65.7 cm³/mol. The van der Waals surface area contributed by atoms with Gasteiger partial charge in [-0.3, -0.25) is 0 Å². The molecular formula is C11H11N5S. The second-order valence-corrected chi connectivity index (χ2v) is 4.99. The molecule has 0 aliphatic rings. The Kier molecular flexibility index (Phi) is 2.20. The van der Waals surface area contributed by atoms with E-state index in [9.17, 15) is 0 Å². The molecule has 3 rings (SSSR count). The van der Waals surface area contributed by atoms with Gasteiger partial charge in [0.1, 0.15) is 11.3 Å². The van der Waals surface area contributed by atoms with Crippen molar-refractivity contribution in [3.8, 4) is 0 Å². The summed E-state index contributed by atoms with van der Waals surface area (Å²) in [5, 5.41) is 13.0. The van der Waals surface area contributed by atoms with Crippen LogP contribution in [-0.2, 0) is 5.54 Å². The fourth-order valence-corrected chi connectivity index (χ4v) is 2.58. The van der Waals surface area contributed by atoms with E-state index in [0.717, 1.165) is 15.5 Å². The Morgan fingerprint density at radius 3 is 2.76 bits per heavy atom. The standard InChI is InChI=1S/C11H11N5S/c1-11(12,8-5-3-2-4-6-8)9-15-16-7-13-14-10(16)17-9/h2-7H,12H2,1H3. The number of hydrogen-bond donors (Lipinski definition) is 1. The summed E-state index contributed by atoms with van der Waals surface area (Å²) in [5.74, 6) is 0. The van der Waals surface area contributed by atoms with Crippen molar-refractivity contribution in [1.82, 2.24) is 19.8 Å². The van der Waals surface area contributed by atoms with Gasteiger partial charge >= 0.3 is 0 Å². The first-order valence-electron chi connectivity index (χ1n) is 5.19. The molecule has 0 bridgehead atoms. The molecule has 0 saturated heterocycles. The highest BCUT2D eigenvalue weighted by Gasteiger charge is 2.28. The Labute approximate surface area is 102 Å². The highest BCUT2D eigenvalue weighted by Crippen LogP contribution is 2.29. The molecule has 0 spiro atoms. The van der Waals surface area contributed by atoms with Crippen molar-refractivity contribution in [2.24, 2.45) is 5.73 Å². The van der Waals surface area contributed by atoms with Gasteiger partial charge < -0.3 is 5.73 Å². The lowest BCUT2D eigenvalue weighted by Gasteiger charge is -2.21. The van der Waals surface area contributed by atoms with Crippen molar-refractivity contribution in [2.45, 2.75) is 12.5 Å². The molecule has 1 atom stereocenters. The maximum Gasteiger partial charge on any atom is 0.234 e. The molecule has 0 fully saturated rings. The van der Waals surface area contributed by atoms with Gasteiger partial charge in [0.2, 0.25) is 4.96 Å². The normalized spacial score (nSPS) is 14.9. The van der Waals surface area contributed by atoms with Crippen molar-refractivity contribution < 1.29 is 0 Å². The third-order valence-corrected chi connectivity index (χ3v) is 3.85. The number of rotatable bonds is 2. The molecule has 5 nitrogen and oxygen atoms in total. The topological polar surface area (TPSA) is 69.1 Å². The smallest absolute Gasteiger partial charge is 0.234 e.